The predicted octanol–water partition coefficient (Wildman–Crippen LogP) is 4.91. The molecule has 4 heterocycles. The number of amides is 1. The Morgan fingerprint density at radius 2 is 2.00 bits per heavy atom. The molecule has 0 bridgehead atoms. The summed E-state index contributed by atoms with van der Waals surface area (Å²) in [5, 5.41) is 5.57. The van der Waals surface area contributed by atoms with Gasteiger partial charge in [0.15, 0.2) is 0 Å². The molecule has 0 spiro atoms. The number of hydrogen-bond donors (Lipinski definition) is 1. The maximum absolute atomic E-state index is 14.5. The lowest BCUT2D eigenvalue weighted by Crippen LogP contribution is -2.59. The Kier molecular flexibility index (Phi) is 6.74. The van der Waals surface area contributed by atoms with Gasteiger partial charge in [0.05, 0.1) is 35.4 Å². The number of aromatic nitrogens is 2. The number of nitrogens with zero attached hydrogens (tertiary/aromatic N) is 4. The van der Waals surface area contributed by atoms with Gasteiger partial charge in [-0.15, -0.1) is 0 Å². The van der Waals surface area contributed by atoms with Gasteiger partial charge in [-0.2, -0.15) is 0 Å². The first-order chi connectivity index (χ1) is 18.4. The molecular weight excluding hydrogens is 505 g/mol. The summed E-state index contributed by atoms with van der Waals surface area (Å²) in [5.74, 6) is 0.864. The van der Waals surface area contributed by atoms with Crippen molar-refractivity contribution in [2.24, 2.45) is 11.8 Å². The molecule has 38 heavy (non-hydrogen) atoms. The normalized spacial score (nSPS) is 29.5. The standard InChI is InChI=1S/C29H33ClFN5O2/c1-3-20-26(22-6-4-5-7-32-22)27(20)28(37)34-25-14-18-13-23(21(30)12-19(18)15-33-25)35-8-10-36(11-9-35)29(2)17-38-16-24(29)31/h4-7,12-15,20,24,26-27H,3,8-11,16-17H2,1-2H3,(H,33,34,37)/t20-,24+,26-,27+,29-/m1/s1. The fraction of sp³-hybridized carbons (Fsp3) is 0.483. The van der Waals surface area contributed by atoms with Crippen LogP contribution in [-0.4, -0.2) is 71.9 Å². The number of hydrogen-bond acceptors (Lipinski definition) is 6. The highest BCUT2D eigenvalue weighted by Crippen LogP contribution is 2.55. The number of pyridine rings is 2. The van der Waals surface area contributed by atoms with Crippen LogP contribution in [0.4, 0.5) is 15.9 Å². The molecule has 3 aromatic rings. The predicted molar refractivity (Wildman–Crippen MR) is 148 cm³/mol. The Balaban J connectivity index is 1.16. The van der Waals surface area contributed by atoms with Crippen molar-refractivity contribution < 1.29 is 13.9 Å². The second-order valence-electron chi connectivity index (χ2n) is 10.9. The van der Waals surface area contributed by atoms with Gasteiger partial charge in [0.25, 0.3) is 0 Å². The molecule has 0 unspecified atom stereocenters. The second kappa shape index (κ2) is 10.1. The lowest BCUT2D eigenvalue weighted by atomic mass is 9.96. The first-order valence-electron chi connectivity index (χ1n) is 13.4. The molecule has 2 aromatic heterocycles. The van der Waals surface area contributed by atoms with Gasteiger partial charge in [0, 0.05) is 55.6 Å². The number of benzene rings is 1. The summed E-state index contributed by atoms with van der Waals surface area (Å²) in [6.07, 6.45) is 3.49. The van der Waals surface area contributed by atoms with E-state index in [0.29, 0.717) is 23.4 Å². The van der Waals surface area contributed by atoms with Crippen LogP contribution in [0.25, 0.3) is 10.8 Å². The maximum atomic E-state index is 14.5. The Morgan fingerprint density at radius 1 is 1.18 bits per heavy atom. The van der Waals surface area contributed by atoms with Crippen molar-refractivity contribution in [1.82, 2.24) is 14.9 Å². The number of carbonyl (C=O) groups excluding carboxylic acids is 1. The van der Waals surface area contributed by atoms with Gasteiger partial charge in [-0.25, -0.2) is 9.37 Å². The van der Waals surface area contributed by atoms with E-state index in [-0.39, 0.29) is 24.3 Å². The quantitative estimate of drug-likeness (QED) is 0.482. The third-order valence-electron chi connectivity index (χ3n) is 8.69. The lowest BCUT2D eigenvalue weighted by molar-refractivity contribution is -0.117. The number of rotatable bonds is 6. The van der Waals surface area contributed by atoms with Crippen molar-refractivity contribution in [3.63, 3.8) is 0 Å². The van der Waals surface area contributed by atoms with Crippen LogP contribution in [0.5, 0.6) is 0 Å². The number of ether oxygens (including phenoxy) is 1. The molecule has 3 fully saturated rings. The molecule has 9 heteroatoms. The zero-order chi connectivity index (χ0) is 26.4. The van der Waals surface area contributed by atoms with Crippen molar-refractivity contribution in [3.05, 3.63) is 59.5 Å². The van der Waals surface area contributed by atoms with Crippen molar-refractivity contribution in [2.75, 3.05) is 49.6 Å². The van der Waals surface area contributed by atoms with E-state index < -0.39 is 11.7 Å². The van der Waals surface area contributed by atoms with E-state index >= 15 is 0 Å². The van der Waals surface area contributed by atoms with Gasteiger partial charge in [-0.3, -0.25) is 14.7 Å². The molecule has 1 saturated carbocycles. The maximum Gasteiger partial charge on any atom is 0.229 e. The molecule has 1 aliphatic carbocycles. The van der Waals surface area contributed by atoms with Crippen LogP contribution in [0, 0.1) is 11.8 Å². The summed E-state index contributed by atoms with van der Waals surface area (Å²) in [5.41, 5.74) is 1.35. The highest BCUT2D eigenvalue weighted by atomic mass is 35.5. The Bertz CT molecular complexity index is 1340. The third kappa shape index (κ3) is 4.52. The van der Waals surface area contributed by atoms with Crippen molar-refractivity contribution in [3.8, 4) is 0 Å². The van der Waals surface area contributed by atoms with Crippen LogP contribution in [0.3, 0.4) is 0 Å². The summed E-state index contributed by atoms with van der Waals surface area (Å²) in [6.45, 7) is 7.64. The average Bonchev–Trinajstić information content (AvgIpc) is 3.58. The minimum Gasteiger partial charge on any atom is -0.376 e. The molecular formula is C29H33ClFN5O2. The van der Waals surface area contributed by atoms with Crippen molar-refractivity contribution >= 4 is 39.8 Å². The highest BCUT2D eigenvalue weighted by molar-refractivity contribution is 6.34. The van der Waals surface area contributed by atoms with E-state index in [2.05, 4.69) is 38.1 Å². The number of halogens is 2. The first kappa shape index (κ1) is 25.5. The summed E-state index contributed by atoms with van der Waals surface area (Å²) in [4.78, 5) is 26.6. The zero-order valence-corrected chi connectivity index (χ0v) is 22.5. The summed E-state index contributed by atoms with van der Waals surface area (Å²) in [6, 6.07) is 11.8. The van der Waals surface area contributed by atoms with Crippen LogP contribution in [0.2, 0.25) is 5.02 Å². The molecule has 1 amide bonds. The summed E-state index contributed by atoms with van der Waals surface area (Å²) in [7, 11) is 0. The number of alkyl halides is 1. The topological polar surface area (TPSA) is 70.6 Å². The fourth-order valence-electron chi connectivity index (χ4n) is 6.28. The molecule has 7 nitrogen and oxygen atoms in total. The van der Waals surface area contributed by atoms with Gasteiger partial charge in [-0.05, 0) is 48.6 Å². The smallest absolute Gasteiger partial charge is 0.229 e. The fourth-order valence-corrected chi connectivity index (χ4v) is 6.57. The average molecular weight is 538 g/mol. The van der Waals surface area contributed by atoms with Gasteiger partial charge < -0.3 is 15.0 Å². The monoisotopic (exact) mass is 537 g/mol. The van der Waals surface area contributed by atoms with Crippen LogP contribution >= 0.6 is 11.6 Å². The van der Waals surface area contributed by atoms with Gasteiger partial charge in [0.2, 0.25) is 5.91 Å². The molecule has 5 atom stereocenters. The van der Waals surface area contributed by atoms with Crippen molar-refractivity contribution in [1.29, 1.82) is 0 Å². The van der Waals surface area contributed by atoms with Gasteiger partial charge in [-0.1, -0.05) is 31.0 Å². The SMILES string of the molecule is CC[C@H]1[C@H](C(=O)Nc2cc3cc(N4CCN([C@]5(C)COC[C@@H]5F)CC4)c(Cl)cc3cn2)[C@H]1c1ccccn1. The summed E-state index contributed by atoms with van der Waals surface area (Å²) >= 11 is 6.69. The molecule has 3 aliphatic rings. The van der Waals surface area contributed by atoms with E-state index in [1.807, 2.05) is 37.3 Å². The lowest BCUT2D eigenvalue weighted by Gasteiger charge is -2.44. The van der Waals surface area contributed by atoms with Gasteiger partial charge >= 0.3 is 0 Å². The number of nitrogens with one attached hydrogen (secondary N) is 1. The number of fused-ring (bicyclic) bond motifs is 1. The molecule has 2 aliphatic heterocycles. The van der Waals surface area contributed by atoms with E-state index in [1.165, 1.54) is 0 Å². The van der Waals surface area contributed by atoms with E-state index in [4.69, 9.17) is 16.3 Å². The van der Waals surface area contributed by atoms with E-state index in [1.54, 1.807) is 12.4 Å². The van der Waals surface area contributed by atoms with Crippen LogP contribution in [0.1, 0.15) is 31.9 Å². The summed E-state index contributed by atoms with van der Waals surface area (Å²) < 4.78 is 19.9. The Hall–Kier alpha value is -2.81. The molecule has 1 aromatic carbocycles. The van der Waals surface area contributed by atoms with Crippen LogP contribution in [-0.2, 0) is 9.53 Å². The minimum atomic E-state index is -0.970. The first-order valence-corrected chi connectivity index (χ1v) is 13.8. The minimum absolute atomic E-state index is 0.0137. The van der Waals surface area contributed by atoms with Crippen LogP contribution < -0.4 is 10.2 Å². The zero-order valence-electron chi connectivity index (χ0n) is 21.7. The third-order valence-corrected chi connectivity index (χ3v) is 8.99. The van der Waals surface area contributed by atoms with E-state index in [0.717, 1.165) is 54.8 Å². The second-order valence-corrected chi connectivity index (χ2v) is 11.3. The highest BCUT2D eigenvalue weighted by Gasteiger charge is 2.55. The molecule has 200 valence electrons. The largest absolute Gasteiger partial charge is 0.376 e. The number of anilines is 2. The van der Waals surface area contributed by atoms with Crippen molar-refractivity contribution in [2.45, 2.75) is 37.9 Å². The number of piperazine rings is 1. The molecule has 6 rings (SSSR count). The van der Waals surface area contributed by atoms with E-state index in [9.17, 15) is 9.18 Å². The Labute approximate surface area is 227 Å². The molecule has 2 saturated heterocycles. The van der Waals surface area contributed by atoms with Crippen LogP contribution in [0.15, 0.2) is 48.8 Å². The van der Waals surface area contributed by atoms with Gasteiger partial charge in [0.1, 0.15) is 12.0 Å². The molecule has 0 radical (unpaired) electrons. The Morgan fingerprint density at radius 3 is 2.68 bits per heavy atom. The molecule has 1 N–H and O–H groups in total. The number of carbonyl (C=O) groups is 1.